The highest BCUT2D eigenvalue weighted by Crippen LogP contribution is 2.21. The zero-order valence-electron chi connectivity index (χ0n) is 14.8. The number of rotatable bonds is 6. The Kier molecular flexibility index (Phi) is 5.15. The van der Waals surface area contributed by atoms with Gasteiger partial charge < -0.3 is 4.74 Å². The number of aromatic nitrogens is 3. The van der Waals surface area contributed by atoms with Gasteiger partial charge in [-0.3, -0.25) is 0 Å². The van der Waals surface area contributed by atoms with E-state index in [4.69, 9.17) is 4.74 Å². The van der Waals surface area contributed by atoms with Crippen LogP contribution in [0, 0.1) is 0 Å². The summed E-state index contributed by atoms with van der Waals surface area (Å²) in [4.78, 5) is 24.8. The largest absolute Gasteiger partial charge is 0.464 e. The predicted molar refractivity (Wildman–Crippen MR) is 93.4 cm³/mol. The Morgan fingerprint density at radius 3 is 2.58 bits per heavy atom. The molecule has 3 rings (SSSR count). The van der Waals surface area contributed by atoms with Crippen LogP contribution in [0.3, 0.4) is 0 Å². The molecule has 0 spiro atoms. The molecule has 0 bridgehead atoms. The molecule has 0 N–H and O–H groups in total. The Morgan fingerprint density at radius 1 is 1.27 bits per heavy atom. The third kappa shape index (κ3) is 3.14. The van der Waals surface area contributed by atoms with Gasteiger partial charge in [-0.2, -0.15) is 8.99 Å². The molecule has 2 aromatic rings. The summed E-state index contributed by atoms with van der Waals surface area (Å²) >= 11 is 0. The molecule has 10 heteroatoms. The number of hydrogen-bond acceptors (Lipinski definition) is 6. The van der Waals surface area contributed by atoms with Gasteiger partial charge in [-0.25, -0.2) is 22.4 Å². The monoisotopic (exact) mass is 382 g/mol. The van der Waals surface area contributed by atoms with E-state index in [0.29, 0.717) is 19.5 Å². The normalized spacial score (nSPS) is 16.8. The van der Waals surface area contributed by atoms with E-state index in [1.165, 1.54) is 22.6 Å². The molecule has 0 unspecified atom stereocenters. The van der Waals surface area contributed by atoms with Gasteiger partial charge >= 0.3 is 11.7 Å². The minimum Gasteiger partial charge on any atom is -0.464 e. The van der Waals surface area contributed by atoms with Gasteiger partial charge in [-0.05, 0) is 38.3 Å². The van der Waals surface area contributed by atoms with Crippen molar-refractivity contribution in [3.8, 4) is 0 Å². The van der Waals surface area contributed by atoms with E-state index in [0.717, 1.165) is 21.9 Å². The van der Waals surface area contributed by atoms with Crippen LogP contribution in [0.5, 0.6) is 0 Å². The van der Waals surface area contributed by atoms with Crippen molar-refractivity contribution in [1.29, 1.82) is 0 Å². The molecule has 2 aromatic heterocycles. The summed E-state index contributed by atoms with van der Waals surface area (Å²) in [6.07, 6.45) is 3.27. The Hall–Kier alpha value is -2.20. The van der Waals surface area contributed by atoms with Crippen LogP contribution in [-0.4, -0.2) is 52.6 Å². The van der Waals surface area contributed by atoms with E-state index >= 15 is 0 Å². The number of esters is 1. The first-order valence-electron chi connectivity index (χ1n) is 8.67. The van der Waals surface area contributed by atoms with E-state index in [9.17, 15) is 18.0 Å². The number of hydrogen-bond donors (Lipinski definition) is 0. The van der Waals surface area contributed by atoms with Crippen molar-refractivity contribution in [2.24, 2.45) is 0 Å². The lowest BCUT2D eigenvalue weighted by Gasteiger charge is -2.15. The Labute approximate surface area is 151 Å². The quantitative estimate of drug-likeness (QED) is 0.685. The average molecular weight is 382 g/mol. The van der Waals surface area contributed by atoms with Crippen LogP contribution in [0.2, 0.25) is 0 Å². The Balaban J connectivity index is 2.05. The van der Waals surface area contributed by atoms with Crippen molar-refractivity contribution in [1.82, 2.24) is 18.5 Å². The smallest absolute Gasteiger partial charge is 0.351 e. The number of fused-ring (bicyclic) bond motifs is 1. The number of ether oxygens (including phenoxy) is 1. The second-order valence-electron chi connectivity index (χ2n) is 6.11. The molecule has 1 saturated heterocycles. The van der Waals surface area contributed by atoms with Gasteiger partial charge in [0.15, 0.2) is 11.7 Å². The fourth-order valence-corrected chi connectivity index (χ4v) is 4.60. The maximum absolute atomic E-state index is 12.7. The number of sulfonamides is 1. The maximum atomic E-state index is 12.7. The summed E-state index contributed by atoms with van der Waals surface area (Å²) < 4.78 is 34.0. The molecular weight excluding hydrogens is 360 g/mol. The van der Waals surface area contributed by atoms with E-state index in [1.807, 2.05) is 0 Å². The molecular formula is C16H22N4O5S. The molecule has 0 amide bonds. The number of carbonyl (C=O) groups is 1. The standard InChI is InChI=1S/C16H22N4O5S/c1-3-13(15(21)25-4-2)20-16(22)19-11-12(7-8-14(19)17-20)26(23,24)18-9-5-6-10-18/h7-8,11,13H,3-6,9-10H2,1-2H3/t13-/m0/s1. The van der Waals surface area contributed by atoms with Crippen molar-refractivity contribution in [2.75, 3.05) is 19.7 Å². The highest BCUT2D eigenvalue weighted by Gasteiger charge is 2.29. The van der Waals surface area contributed by atoms with E-state index in [-0.39, 0.29) is 17.1 Å². The molecule has 0 aliphatic carbocycles. The number of carbonyl (C=O) groups excluding carboxylic acids is 1. The predicted octanol–water partition coefficient (Wildman–Crippen LogP) is 0.795. The van der Waals surface area contributed by atoms with Crippen LogP contribution in [0.1, 0.15) is 39.2 Å². The molecule has 3 heterocycles. The van der Waals surface area contributed by atoms with Gasteiger partial charge in [-0.1, -0.05) is 6.92 Å². The SMILES string of the molecule is CCOC(=O)[C@H](CC)n1nc2ccc(S(=O)(=O)N3CCCC3)cn2c1=O. The van der Waals surface area contributed by atoms with Gasteiger partial charge in [0, 0.05) is 19.3 Å². The third-order valence-corrected chi connectivity index (χ3v) is 6.34. The number of pyridine rings is 1. The van der Waals surface area contributed by atoms with Gasteiger partial charge in [0.25, 0.3) is 0 Å². The van der Waals surface area contributed by atoms with Gasteiger partial charge in [0.2, 0.25) is 10.0 Å². The van der Waals surface area contributed by atoms with Crippen LogP contribution in [0.15, 0.2) is 28.0 Å². The molecule has 1 aliphatic heterocycles. The van der Waals surface area contributed by atoms with Crippen LogP contribution in [0.4, 0.5) is 0 Å². The van der Waals surface area contributed by atoms with Crippen LogP contribution >= 0.6 is 0 Å². The third-order valence-electron chi connectivity index (χ3n) is 4.46. The fourth-order valence-electron chi connectivity index (χ4n) is 3.08. The lowest BCUT2D eigenvalue weighted by Crippen LogP contribution is -2.32. The first-order chi connectivity index (χ1) is 12.4. The first kappa shape index (κ1) is 18.6. The van der Waals surface area contributed by atoms with Crippen molar-refractivity contribution < 1.29 is 17.9 Å². The molecule has 1 aliphatic rings. The molecule has 26 heavy (non-hydrogen) atoms. The molecule has 0 saturated carbocycles. The molecule has 0 radical (unpaired) electrons. The van der Waals surface area contributed by atoms with Crippen LogP contribution < -0.4 is 5.69 Å². The van der Waals surface area contributed by atoms with Crippen molar-refractivity contribution in [2.45, 2.75) is 44.0 Å². The highest BCUT2D eigenvalue weighted by atomic mass is 32.2. The second-order valence-corrected chi connectivity index (χ2v) is 8.05. The Bertz CT molecular complexity index is 972. The molecule has 0 aromatic carbocycles. The van der Waals surface area contributed by atoms with Crippen molar-refractivity contribution in [3.63, 3.8) is 0 Å². The van der Waals surface area contributed by atoms with E-state index in [1.54, 1.807) is 13.8 Å². The molecule has 142 valence electrons. The zero-order valence-corrected chi connectivity index (χ0v) is 15.6. The van der Waals surface area contributed by atoms with E-state index < -0.39 is 27.7 Å². The summed E-state index contributed by atoms with van der Waals surface area (Å²) in [5.41, 5.74) is -0.295. The minimum atomic E-state index is -3.64. The van der Waals surface area contributed by atoms with E-state index in [2.05, 4.69) is 5.10 Å². The summed E-state index contributed by atoms with van der Waals surface area (Å²) in [5.74, 6) is -0.537. The van der Waals surface area contributed by atoms with Crippen molar-refractivity contribution in [3.05, 3.63) is 28.8 Å². The Morgan fingerprint density at radius 2 is 1.96 bits per heavy atom. The lowest BCUT2D eigenvalue weighted by atomic mass is 10.2. The highest BCUT2D eigenvalue weighted by molar-refractivity contribution is 7.89. The zero-order chi connectivity index (χ0) is 18.9. The first-order valence-corrected chi connectivity index (χ1v) is 10.1. The lowest BCUT2D eigenvalue weighted by molar-refractivity contribution is -0.147. The fraction of sp³-hybridized carbons (Fsp3) is 0.562. The summed E-state index contributed by atoms with van der Waals surface area (Å²) in [5, 5.41) is 4.17. The van der Waals surface area contributed by atoms with Crippen LogP contribution in [-0.2, 0) is 19.6 Å². The summed E-state index contributed by atoms with van der Waals surface area (Å²) in [6.45, 7) is 4.61. The van der Waals surface area contributed by atoms with Crippen LogP contribution in [0.25, 0.3) is 5.65 Å². The molecule has 1 fully saturated rings. The van der Waals surface area contributed by atoms with Gasteiger partial charge in [0.1, 0.15) is 0 Å². The van der Waals surface area contributed by atoms with Gasteiger partial charge in [-0.15, -0.1) is 5.10 Å². The maximum Gasteiger partial charge on any atom is 0.351 e. The average Bonchev–Trinajstić information content (AvgIpc) is 3.25. The van der Waals surface area contributed by atoms with Crippen molar-refractivity contribution >= 4 is 21.6 Å². The minimum absolute atomic E-state index is 0.0396. The van der Waals surface area contributed by atoms with Gasteiger partial charge in [0.05, 0.1) is 11.5 Å². The topological polar surface area (TPSA) is 103 Å². The molecule has 1 atom stereocenters. The second kappa shape index (κ2) is 7.20. The molecule has 9 nitrogen and oxygen atoms in total. The summed E-state index contributed by atoms with van der Waals surface area (Å²) in [7, 11) is -3.64. The summed E-state index contributed by atoms with van der Waals surface area (Å²) in [6, 6.07) is 2.06. The number of nitrogens with zero attached hydrogens (tertiary/aromatic N) is 4.